The van der Waals surface area contributed by atoms with Gasteiger partial charge in [-0.25, -0.2) is 4.79 Å². The number of amides is 1. The summed E-state index contributed by atoms with van der Waals surface area (Å²) in [7, 11) is 0. The fourth-order valence-electron chi connectivity index (χ4n) is 2.31. The molecule has 0 heterocycles. The first-order valence-corrected chi connectivity index (χ1v) is 6.00. The molecule has 1 aliphatic carbocycles. The lowest BCUT2D eigenvalue weighted by Gasteiger charge is -2.26. The van der Waals surface area contributed by atoms with Crippen LogP contribution in [0, 0.1) is 5.92 Å². The zero-order valence-electron chi connectivity index (χ0n) is 9.56. The van der Waals surface area contributed by atoms with Crippen molar-refractivity contribution in [3.05, 3.63) is 0 Å². The average Bonchev–Trinajstić information content (AvgIpc) is 2.27. The van der Waals surface area contributed by atoms with Crippen LogP contribution in [-0.4, -0.2) is 35.0 Å². The maximum Gasteiger partial charge on any atom is 0.404 e. The predicted molar refractivity (Wildman–Crippen MR) is 61.2 cm³/mol. The lowest BCUT2D eigenvalue weighted by molar-refractivity contribution is 0.121. The molecule has 0 aromatic heterocycles. The lowest BCUT2D eigenvalue weighted by Crippen LogP contribution is -2.44. The summed E-state index contributed by atoms with van der Waals surface area (Å²) < 4.78 is 0. The number of hydrogen-bond donors (Lipinski definition) is 4. The van der Waals surface area contributed by atoms with E-state index in [2.05, 4.69) is 5.32 Å². The van der Waals surface area contributed by atoms with Crippen molar-refractivity contribution >= 4 is 6.09 Å². The van der Waals surface area contributed by atoms with E-state index in [1.807, 2.05) is 0 Å². The molecular formula is C11H22N2O3. The second-order valence-electron chi connectivity index (χ2n) is 4.66. The Balaban J connectivity index is 2.21. The van der Waals surface area contributed by atoms with Crippen LogP contribution < -0.4 is 11.1 Å². The normalized spacial score (nSPS) is 21.4. The van der Waals surface area contributed by atoms with Gasteiger partial charge in [-0.2, -0.15) is 0 Å². The second-order valence-corrected chi connectivity index (χ2v) is 4.66. The van der Waals surface area contributed by atoms with E-state index in [-0.39, 0.29) is 12.6 Å². The van der Waals surface area contributed by atoms with Crippen molar-refractivity contribution in [3.8, 4) is 0 Å². The van der Waals surface area contributed by atoms with Crippen molar-refractivity contribution in [1.82, 2.24) is 5.32 Å². The summed E-state index contributed by atoms with van der Waals surface area (Å²) >= 11 is 0. The molecule has 0 aromatic carbocycles. The molecule has 1 aliphatic rings. The molecule has 0 aromatic rings. The van der Waals surface area contributed by atoms with Gasteiger partial charge in [0.15, 0.2) is 0 Å². The quantitative estimate of drug-likeness (QED) is 0.564. The van der Waals surface area contributed by atoms with Gasteiger partial charge in [-0.05, 0) is 12.3 Å². The Morgan fingerprint density at radius 1 is 1.38 bits per heavy atom. The van der Waals surface area contributed by atoms with Crippen LogP contribution in [0.4, 0.5) is 4.79 Å². The fourth-order valence-corrected chi connectivity index (χ4v) is 2.31. The van der Waals surface area contributed by atoms with Gasteiger partial charge in [0.05, 0.1) is 6.10 Å². The first kappa shape index (κ1) is 13.3. The smallest absolute Gasteiger partial charge is 0.404 e. The van der Waals surface area contributed by atoms with Gasteiger partial charge < -0.3 is 21.3 Å². The third kappa shape index (κ3) is 4.81. The molecule has 0 radical (unpaired) electrons. The van der Waals surface area contributed by atoms with Gasteiger partial charge in [0, 0.05) is 12.6 Å². The molecule has 5 heteroatoms. The van der Waals surface area contributed by atoms with Crippen molar-refractivity contribution in [2.75, 3.05) is 6.54 Å². The molecule has 0 bridgehead atoms. The van der Waals surface area contributed by atoms with E-state index in [9.17, 15) is 9.90 Å². The highest BCUT2D eigenvalue weighted by atomic mass is 16.4. The van der Waals surface area contributed by atoms with Gasteiger partial charge in [0.2, 0.25) is 0 Å². The second kappa shape index (κ2) is 6.70. The molecule has 2 atom stereocenters. The molecule has 0 unspecified atom stereocenters. The van der Waals surface area contributed by atoms with Crippen molar-refractivity contribution in [2.45, 2.75) is 50.7 Å². The van der Waals surface area contributed by atoms with Crippen LogP contribution in [0.1, 0.15) is 38.5 Å². The Morgan fingerprint density at radius 3 is 2.56 bits per heavy atom. The molecule has 94 valence electrons. The maximum atomic E-state index is 10.3. The number of rotatable bonds is 5. The van der Waals surface area contributed by atoms with Crippen LogP contribution in [0.5, 0.6) is 0 Å². The average molecular weight is 230 g/mol. The SMILES string of the molecule is N[C@@H](CC1CCCCC1)[C@@H](O)CNC(=O)O. The highest BCUT2D eigenvalue weighted by Gasteiger charge is 2.21. The van der Waals surface area contributed by atoms with E-state index in [4.69, 9.17) is 10.8 Å². The minimum Gasteiger partial charge on any atom is -0.465 e. The molecule has 1 saturated carbocycles. The first-order chi connectivity index (χ1) is 7.59. The van der Waals surface area contributed by atoms with Crippen LogP contribution in [0.3, 0.4) is 0 Å². The number of carboxylic acid groups (broad SMARTS) is 1. The molecule has 5 N–H and O–H groups in total. The monoisotopic (exact) mass is 230 g/mol. The van der Waals surface area contributed by atoms with Gasteiger partial charge in [0.25, 0.3) is 0 Å². The molecule has 1 fully saturated rings. The Bertz CT molecular complexity index is 217. The van der Waals surface area contributed by atoms with Gasteiger partial charge in [-0.3, -0.25) is 0 Å². The van der Waals surface area contributed by atoms with E-state index in [0.29, 0.717) is 5.92 Å². The Hall–Kier alpha value is -0.810. The molecule has 5 nitrogen and oxygen atoms in total. The Kier molecular flexibility index (Phi) is 5.55. The summed E-state index contributed by atoms with van der Waals surface area (Å²) in [6, 6.07) is -0.324. The number of nitrogens with one attached hydrogen (secondary N) is 1. The van der Waals surface area contributed by atoms with Gasteiger partial charge in [-0.15, -0.1) is 0 Å². The lowest BCUT2D eigenvalue weighted by atomic mass is 9.84. The molecule has 0 aliphatic heterocycles. The zero-order valence-corrected chi connectivity index (χ0v) is 9.56. The standard InChI is InChI=1S/C11H22N2O3/c12-9(10(14)7-13-11(15)16)6-8-4-2-1-3-5-8/h8-10,13-14H,1-7,12H2,(H,15,16)/t9-,10-/m0/s1. The Morgan fingerprint density at radius 2 is 2.00 bits per heavy atom. The molecular weight excluding hydrogens is 208 g/mol. The number of aliphatic hydroxyl groups excluding tert-OH is 1. The number of carbonyl (C=O) groups is 1. The predicted octanol–water partition coefficient (Wildman–Crippen LogP) is 0.913. The minimum atomic E-state index is -1.12. The van der Waals surface area contributed by atoms with Crippen LogP contribution >= 0.6 is 0 Å². The third-order valence-electron chi connectivity index (χ3n) is 3.29. The molecule has 16 heavy (non-hydrogen) atoms. The van der Waals surface area contributed by atoms with E-state index < -0.39 is 12.2 Å². The van der Waals surface area contributed by atoms with Crippen LogP contribution in [-0.2, 0) is 0 Å². The fraction of sp³-hybridized carbons (Fsp3) is 0.909. The van der Waals surface area contributed by atoms with E-state index in [0.717, 1.165) is 6.42 Å². The largest absolute Gasteiger partial charge is 0.465 e. The van der Waals surface area contributed by atoms with Crippen molar-refractivity contribution < 1.29 is 15.0 Å². The first-order valence-electron chi connectivity index (χ1n) is 6.00. The summed E-state index contributed by atoms with van der Waals surface area (Å²) in [6.07, 6.45) is 5.07. The topological polar surface area (TPSA) is 95.6 Å². The van der Waals surface area contributed by atoms with Gasteiger partial charge in [0.1, 0.15) is 0 Å². The van der Waals surface area contributed by atoms with E-state index in [1.54, 1.807) is 0 Å². The number of aliphatic hydroxyl groups is 1. The summed E-state index contributed by atoms with van der Waals surface area (Å²) in [5.74, 6) is 0.600. The van der Waals surface area contributed by atoms with Crippen LogP contribution in [0.2, 0.25) is 0 Å². The Labute approximate surface area is 96.0 Å². The van der Waals surface area contributed by atoms with Gasteiger partial charge >= 0.3 is 6.09 Å². The summed E-state index contributed by atoms with van der Waals surface area (Å²) in [5.41, 5.74) is 5.85. The van der Waals surface area contributed by atoms with Crippen LogP contribution in [0.25, 0.3) is 0 Å². The summed E-state index contributed by atoms with van der Waals surface area (Å²) in [5, 5.41) is 20.2. The number of nitrogens with two attached hydrogens (primary N) is 1. The molecule has 1 rings (SSSR count). The van der Waals surface area contributed by atoms with Gasteiger partial charge in [-0.1, -0.05) is 32.1 Å². The molecule has 0 saturated heterocycles. The minimum absolute atomic E-state index is 0.0171. The molecule has 1 amide bonds. The zero-order chi connectivity index (χ0) is 12.0. The van der Waals surface area contributed by atoms with Crippen LogP contribution in [0.15, 0.2) is 0 Å². The van der Waals surface area contributed by atoms with Crippen molar-refractivity contribution in [3.63, 3.8) is 0 Å². The summed E-state index contributed by atoms with van der Waals surface area (Å²) in [6.45, 7) is 0.0171. The highest BCUT2D eigenvalue weighted by molar-refractivity contribution is 5.64. The van der Waals surface area contributed by atoms with Crippen molar-refractivity contribution in [2.24, 2.45) is 11.7 Å². The number of hydrogen-bond acceptors (Lipinski definition) is 3. The highest BCUT2D eigenvalue weighted by Crippen LogP contribution is 2.27. The summed E-state index contributed by atoms with van der Waals surface area (Å²) in [4.78, 5) is 10.3. The van der Waals surface area contributed by atoms with E-state index in [1.165, 1.54) is 32.1 Å². The van der Waals surface area contributed by atoms with Crippen molar-refractivity contribution in [1.29, 1.82) is 0 Å². The third-order valence-corrected chi connectivity index (χ3v) is 3.29. The molecule has 0 spiro atoms. The van der Waals surface area contributed by atoms with E-state index >= 15 is 0 Å². The maximum absolute atomic E-state index is 10.3.